The zero-order valence-electron chi connectivity index (χ0n) is 12.2. The first-order valence-corrected chi connectivity index (χ1v) is 8.46. The highest BCUT2D eigenvalue weighted by Crippen LogP contribution is 2.32. The summed E-state index contributed by atoms with van der Waals surface area (Å²) in [7, 11) is 0. The summed E-state index contributed by atoms with van der Waals surface area (Å²) in [5.74, 6) is 0.946. The maximum absolute atomic E-state index is 6.06. The average molecular weight is 320 g/mol. The van der Waals surface area contributed by atoms with Gasteiger partial charge in [0.05, 0.1) is 6.04 Å². The molecule has 1 unspecified atom stereocenters. The molecule has 0 amide bonds. The number of furan rings is 1. The van der Waals surface area contributed by atoms with Gasteiger partial charge in [-0.25, -0.2) is 0 Å². The molecule has 2 heterocycles. The molecule has 2 aromatic heterocycles. The molecule has 110 valence electrons. The molecule has 0 spiro atoms. The van der Waals surface area contributed by atoms with Crippen LogP contribution >= 0.6 is 22.9 Å². The molecule has 1 atom stereocenters. The van der Waals surface area contributed by atoms with Gasteiger partial charge in [0.1, 0.15) is 11.3 Å². The molecule has 1 N–H and O–H groups in total. The second-order valence-corrected chi connectivity index (χ2v) is 6.41. The number of thiophene rings is 1. The fraction of sp³-hybridized carbons (Fsp3) is 0.294. The summed E-state index contributed by atoms with van der Waals surface area (Å²) < 4.78 is 6.04. The van der Waals surface area contributed by atoms with Crippen LogP contribution in [-0.2, 0) is 0 Å². The second-order valence-electron chi connectivity index (χ2n) is 5.23. The number of hydrogen-bond acceptors (Lipinski definition) is 3. The van der Waals surface area contributed by atoms with E-state index in [0.717, 1.165) is 34.7 Å². The number of halogens is 1. The third-order valence-electron chi connectivity index (χ3n) is 3.59. The molecule has 0 saturated carbocycles. The van der Waals surface area contributed by atoms with Crippen LogP contribution in [0.15, 0.2) is 39.4 Å². The van der Waals surface area contributed by atoms with Gasteiger partial charge in [0.2, 0.25) is 0 Å². The topological polar surface area (TPSA) is 25.2 Å². The van der Waals surface area contributed by atoms with Gasteiger partial charge in [-0.15, -0.1) is 0 Å². The summed E-state index contributed by atoms with van der Waals surface area (Å²) in [6, 6.07) is 7.93. The molecule has 1 aromatic carbocycles. The summed E-state index contributed by atoms with van der Waals surface area (Å²) in [5.41, 5.74) is 3.47. The Kier molecular flexibility index (Phi) is 4.34. The van der Waals surface area contributed by atoms with Gasteiger partial charge >= 0.3 is 0 Å². The average Bonchev–Trinajstić information content (AvgIpc) is 3.06. The molecular formula is C17H18ClNOS. The Labute approximate surface area is 133 Å². The monoisotopic (exact) mass is 319 g/mol. The van der Waals surface area contributed by atoms with Crippen molar-refractivity contribution in [1.29, 1.82) is 0 Å². The lowest BCUT2D eigenvalue weighted by Gasteiger charge is -2.16. The van der Waals surface area contributed by atoms with Gasteiger partial charge in [-0.3, -0.25) is 0 Å². The van der Waals surface area contributed by atoms with Crippen molar-refractivity contribution < 1.29 is 4.42 Å². The van der Waals surface area contributed by atoms with Crippen LogP contribution in [0.5, 0.6) is 0 Å². The van der Waals surface area contributed by atoms with Crippen molar-refractivity contribution in [1.82, 2.24) is 5.32 Å². The van der Waals surface area contributed by atoms with Crippen molar-refractivity contribution in [3.05, 3.63) is 56.9 Å². The molecule has 0 aliphatic rings. The Morgan fingerprint density at radius 1 is 1.29 bits per heavy atom. The molecule has 0 aliphatic carbocycles. The minimum absolute atomic E-state index is 0.0994. The lowest BCUT2D eigenvalue weighted by molar-refractivity contribution is 0.469. The van der Waals surface area contributed by atoms with Gasteiger partial charge in [-0.2, -0.15) is 11.3 Å². The molecule has 21 heavy (non-hydrogen) atoms. The molecule has 3 aromatic rings. The highest BCUT2D eigenvalue weighted by Gasteiger charge is 2.20. The van der Waals surface area contributed by atoms with E-state index in [9.17, 15) is 0 Å². The summed E-state index contributed by atoms with van der Waals surface area (Å²) in [4.78, 5) is 0. The van der Waals surface area contributed by atoms with Crippen LogP contribution < -0.4 is 5.32 Å². The molecule has 0 aliphatic heterocycles. The van der Waals surface area contributed by atoms with E-state index in [1.54, 1.807) is 11.3 Å². The molecule has 0 fully saturated rings. The molecule has 4 heteroatoms. The van der Waals surface area contributed by atoms with E-state index in [0.29, 0.717) is 0 Å². The number of rotatable bonds is 5. The quantitative estimate of drug-likeness (QED) is 0.667. The van der Waals surface area contributed by atoms with Crippen LogP contribution in [0.1, 0.15) is 36.3 Å². The standard InChI is InChI=1S/C17H18ClNOS/c1-3-6-19-17(14-10-21-9-11(14)2)16-8-12-7-13(18)4-5-15(12)20-16/h4-5,7-10,17,19H,3,6H2,1-2H3. The second kappa shape index (κ2) is 6.22. The largest absolute Gasteiger partial charge is 0.459 e. The Balaban J connectivity index is 2.03. The van der Waals surface area contributed by atoms with E-state index in [4.69, 9.17) is 16.0 Å². The van der Waals surface area contributed by atoms with Crippen LogP contribution in [0.4, 0.5) is 0 Å². The molecule has 0 bridgehead atoms. The highest BCUT2D eigenvalue weighted by molar-refractivity contribution is 7.08. The minimum Gasteiger partial charge on any atom is -0.459 e. The van der Waals surface area contributed by atoms with Gasteiger partial charge in [0.15, 0.2) is 0 Å². The van der Waals surface area contributed by atoms with Crippen LogP contribution in [-0.4, -0.2) is 6.54 Å². The van der Waals surface area contributed by atoms with Gasteiger partial charge in [0, 0.05) is 10.4 Å². The van der Waals surface area contributed by atoms with Crippen molar-refractivity contribution in [2.75, 3.05) is 6.54 Å². The van der Waals surface area contributed by atoms with Gasteiger partial charge in [-0.1, -0.05) is 18.5 Å². The minimum atomic E-state index is 0.0994. The van der Waals surface area contributed by atoms with Crippen molar-refractivity contribution in [2.24, 2.45) is 0 Å². The summed E-state index contributed by atoms with van der Waals surface area (Å²) in [5, 5.41) is 9.74. The third kappa shape index (κ3) is 3.00. The first-order valence-electron chi connectivity index (χ1n) is 7.14. The van der Waals surface area contributed by atoms with Crippen LogP contribution in [0.3, 0.4) is 0 Å². The van der Waals surface area contributed by atoms with E-state index >= 15 is 0 Å². The maximum atomic E-state index is 6.06. The van der Waals surface area contributed by atoms with Crippen LogP contribution in [0.2, 0.25) is 5.02 Å². The Morgan fingerprint density at radius 2 is 2.14 bits per heavy atom. The number of hydrogen-bond donors (Lipinski definition) is 1. The number of nitrogens with one attached hydrogen (secondary N) is 1. The SMILES string of the molecule is CCCNC(c1cc2cc(Cl)ccc2o1)c1cscc1C. The zero-order valence-corrected chi connectivity index (χ0v) is 13.7. The highest BCUT2D eigenvalue weighted by atomic mass is 35.5. The van der Waals surface area contributed by atoms with Crippen molar-refractivity contribution in [3.8, 4) is 0 Å². The third-order valence-corrected chi connectivity index (χ3v) is 4.70. The summed E-state index contributed by atoms with van der Waals surface area (Å²) in [6.07, 6.45) is 1.09. The Hall–Kier alpha value is -1.29. The van der Waals surface area contributed by atoms with Crippen molar-refractivity contribution >= 4 is 33.9 Å². The zero-order chi connectivity index (χ0) is 14.8. The lowest BCUT2D eigenvalue weighted by Crippen LogP contribution is -2.22. The smallest absolute Gasteiger partial charge is 0.134 e. The molecule has 2 nitrogen and oxygen atoms in total. The normalized spacial score (nSPS) is 12.9. The lowest BCUT2D eigenvalue weighted by atomic mass is 10.0. The predicted molar refractivity (Wildman–Crippen MR) is 90.4 cm³/mol. The number of benzene rings is 1. The number of fused-ring (bicyclic) bond motifs is 1. The fourth-order valence-corrected chi connectivity index (χ4v) is 3.55. The molecular weight excluding hydrogens is 302 g/mol. The van der Waals surface area contributed by atoms with E-state index in [1.165, 1.54) is 11.1 Å². The van der Waals surface area contributed by atoms with E-state index in [2.05, 4.69) is 36.0 Å². The summed E-state index contributed by atoms with van der Waals surface area (Å²) in [6.45, 7) is 5.27. The van der Waals surface area contributed by atoms with Crippen LogP contribution in [0, 0.1) is 6.92 Å². The maximum Gasteiger partial charge on any atom is 0.134 e. The van der Waals surface area contributed by atoms with Crippen molar-refractivity contribution in [2.45, 2.75) is 26.3 Å². The van der Waals surface area contributed by atoms with Crippen molar-refractivity contribution in [3.63, 3.8) is 0 Å². The van der Waals surface area contributed by atoms with Crippen LogP contribution in [0.25, 0.3) is 11.0 Å². The van der Waals surface area contributed by atoms with E-state index in [-0.39, 0.29) is 6.04 Å². The first kappa shape index (κ1) is 14.6. The Bertz CT molecular complexity index is 746. The summed E-state index contributed by atoms with van der Waals surface area (Å²) >= 11 is 7.79. The molecule has 3 rings (SSSR count). The van der Waals surface area contributed by atoms with E-state index < -0.39 is 0 Å². The molecule has 0 radical (unpaired) electrons. The van der Waals surface area contributed by atoms with Gasteiger partial charge < -0.3 is 9.73 Å². The van der Waals surface area contributed by atoms with Gasteiger partial charge in [0.25, 0.3) is 0 Å². The Morgan fingerprint density at radius 3 is 2.86 bits per heavy atom. The van der Waals surface area contributed by atoms with Gasteiger partial charge in [-0.05, 0) is 66.0 Å². The first-order chi connectivity index (χ1) is 10.2. The number of aryl methyl sites for hydroxylation is 1. The molecule has 0 saturated heterocycles. The fourth-order valence-electron chi connectivity index (χ4n) is 2.50. The van der Waals surface area contributed by atoms with E-state index in [1.807, 2.05) is 18.2 Å². The predicted octanol–water partition coefficient (Wildman–Crippen LogP) is 5.55.